The van der Waals surface area contributed by atoms with E-state index in [-0.39, 0.29) is 22.8 Å². The highest BCUT2D eigenvalue weighted by Crippen LogP contribution is 2.66. The number of rotatable bonds is 6. The molecule has 0 heterocycles. The second kappa shape index (κ2) is 10.5. The number of hydrogen-bond donors (Lipinski definition) is 0. The Hall–Kier alpha value is -2.80. The molecular weight excluding hydrogens is 463 g/mol. The van der Waals surface area contributed by atoms with Gasteiger partial charge in [-0.2, -0.15) is 0 Å². The van der Waals surface area contributed by atoms with Gasteiger partial charge in [0.1, 0.15) is 28.5 Å². The van der Waals surface area contributed by atoms with E-state index in [4.69, 9.17) is 0 Å². The maximum absolute atomic E-state index is 12.5. The van der Waals surface area contributed by atoms with Crippen LogP contribution < -0.4 is 15.9 Å². The van der Waals surface area contributed by atoms with Crippen LogP contribution in [0.25, 0.3) is 5.31 Å². The molecule has 0 unspecified atom stereocenters. The molecule has 0 aliphatic heterocycles. The van der Waals surface area contributed by atoms with Gasteiger partial charge < -0.3 is 0 Å². The summed E-state index contributed by atoms with van der Waals surface area (Å²) in [6, 6.07) is 42.2. The van der Waals surface area contributed by atoms with E-state index in [1.165, 1.54) is 15.9 Å². The Kier molecular flexibility index (Phi) is 7.74. The largest absolute Gasteiger partial charge is 0.295 e. The van der Waals surface area contributed by atoms with Gasteiger partial charge in [-0.15, -0.1) is 17.0 Å². The molecular formula is C28H25BrOP+. The molecule has 0 spiro atoms. The zero-order valence-electron chi connectivity index (χ0n) is 17.4. The summed E-state index contributed by atoms with van der Waals surface area (Å²) in [5.74, 6) is 0.0565. The Morgan fingerprint density at radius 2 is 0.903 bits per heavy atom. The van der Waals surface area contributed by atoms with E-state index in [9.17, 15) is 4.79 Å². The molecule has 4 aromatic rings. The van der Waals surface area contributed by atoms with Crippen LogP contribution in [0, 0.1) is 0 Å². The lowest BCUT2D eigenvalue weighted by Gasteiger charge is -2.29. The highest BCUT2D eigenvalue weighted by atomic mass is 79.9. The van der Waals surface area contributed by atoms with Crippen LogP contribution in [0.15, 0.2) is 127 Å². The Labute approximate surface area is 195 Å². The molecule has 4 aromatic carbocycles. The van der Waals surface area contributed by atoms with Gasteiger partial charge in [-0.25, -0.2) is 0 Å². The molecule has 0 fully saturated rings. The van der Waals surface area contributed by atoms with Gasteiger partial charge in [-0.1, -0.05) is 84.9 Å². The lowest BCUT2D eigenvalue weighted by molar-refractivity contribution is -0.112. The number of benzene rings is 4. The molecule has 0 saturated carbocycles. The van der Waals surface area contributed by atoms with Crippen molar-refractivity contribution in [3.05, 3.63) is 133 Å². The number of halogens is 1. The van der Waals surface area contributed by atoms with Crippen molar-refractivity contribution in [3.63, 3.8) is 0 Å². The fourth-order valence-electron chi connectivity index (χ4n) is 3.99. The molecule has 154 valence electrons. The SMILES string of the molecule is Br.CC(=O)/C=C(\c1ccccc1)[P+](c1ccccc1)(c1ccccc1)c1ccccc1. The topological polar surface area (TPSA) is 17.1 Å². The van der Waals surface area contributed by atoms with Crippen LogP contribution in [-0.4, -0.2) is 5.78 Å². The Bertz CT molecular complexity index is 1040. The molecule has 0 bridgehead atoms. The number of carbonyl (C=O) groups excluding carboxylic acids is 1. The smallest absolute Gasteiger partial charge is 0.156 e. The minimum atomic E-state index is -2.30. The second-order valence-electron chi connectivity index (χ2n) is 7.18. The maximum Gasteiger partial charge on any atom is 0.156 e. The van der Waals surface area contributed by atoms with E-state index < -0.39 is 7.26 Å². The third-order valence-electron chi connectivity index (χ3n) is 5.20. The van der Waals surface area contributed by atoms with E-state index in [1.807, 2.05) is 42.5 Å². The summed E-state index contributed by atoms with van der Waals surface area (Å²) in [6.07, 6.45) is 1.84. The lowest BCUT2D eigenvalue weighted by Crippen LogP contribution is -2.32. The molecule has 0 aliphatic carbocycles. The highest BCUT2D eigenvalue weighted by molar-refractivity contribution is 8.93. The summed E-state index contributed by atoms with van der Waals surface area (Å²) in [7, 11) is -2.30. The molecule has 0 saturated heterocycles. The molecule has 0 amide bonds. The summed E-state index contributed by atoms with van der Waals surface area (Å²) < 4.78 is 0. The molecule has 0 atom stereocenters. The zero-order valence-corrected chi connectivity index (χ0v) is 20.0. The van der Waals surface area contributed by atoms with Gasteiger partial charge in [-0.05, 0) is 43.3 Å². The third kappa shape index (κ3) is 4.61. The quantitative estimate of drug-likeness (QED) is 0.234. The zero-order chi connectivity index (χ0) is 20.8. The minimum absolute atomic E-state index is 0. The van der Waals surface area contributed by atoms with Crippen LogP contribution in [0.4, 0.5) is 0 Å². The van der Waals surface area contributed by atoms with Gasteiger partial charge in [0.2, 0.25) is 0 Å². The van der Waals surface area contributed by atoms with Gasteiger partial charge in [0.25, 0.3) is 0 Å². The predicted octanol–water partition coefficient (Wildman–Crippen LogP) is 6.19. The van der Waals surface area contributed by atoms with Crippen LogP contribution in [-0.2, 0) is 4.79 Å². The summed E-state index contributed by atoms with van der Waals surface area (Å²) in [5.41, 5.74) is 1.08. The normalized spacial score (nSPS) is 11.5. The summed E-state index contributed by atoms with van der Waals surface area (Å²) in [4.78, 5) is 12.5. The summed E-state index contributed by atoms with van der Waals surface area (Å²) >= 11 is 0. The van der Waals surface area contributed by atoms with Crippen LogP contribution in [0.1, 0.15) is 12.5 Å². The van der Waals surface area contributed by atoms with Crippen molar-refractivity contribution in [1.29, 1.82) is 0 Å². The average Bonchev–Trinajstić information content (AvgIpc) is 2.81. The van der Waals surface area contributed by atoms with Crippen molar-refractivity contribution in [2.75, 3.05) is 0 Å². The average molecular weight is 488 g/mol. The van der Waals surface area contributed by atoms with Crippen LogP contribution in [0.3, 0.4) is 0 Å². The number of allylic oxidation sites excluding steroid dienone is 1. The third-order valence-corrected chi connectivity index (χ3v) is 9.53. The van der Waals surface area contributed by atoms with Crippen molar-refractivity contribution >= 4 is 51.3 Å². The molecule has 3 heteroatoms. The van der Waals surface area contributed by atoms with E-state index in [0.717, 1.165) is 10.9 Å². The Morgan fingerprint density at radius 1 is 0.581 bits per heavy atom. The van der Waals surface area contributed by atoms with E-state index in [2.05, 4.69) is 84.9 Å². The molecule has 1 nitrogen and oxygen atoms in total. The van der Waals surface area contributed by atoms with Crippen molar-refractivity contribution in [3.8, 4) is 0 Å². The fraction of sp³-hybridized carbons (Fsp3) is 0.0357. The first-order chi connectivity index (χ1) is 14.7. The lowest BCUT2D eigenvalue weighted by atomic mass is 10.2. The van der Waals surface area contributed by atoms with Gasteiger partial charge in [0.05, 0.1) is 0 Å². The first-order valence-corrected chi connectivity index (χ1v) is 11.9. The van der Waals surface area contributed by atoms with Crippen molar-refractivity contribution in [2.45, 2.75) is 6.92 Å². The fourth-order valence-corrected chi connectivity index (χ4v) is 8.49. The number of carbonyl (C=O) groups is 1. The molecule has 4 rings (SSSR count). The van der Waals surface area contributed by atoms with Gasteiger partial charge in [0.15, 0.2) is 5.78 Å². The van der Waals surface area contributed by atoms with Crippen LogP contribution >= 0.6 is 24.2 Å². The second-order valence-corrected chi connectivity index (χ2v) is 10.6. The molecule has 31 heavy (non-hydrogen) atoms. The maximum atomic E-state index is 12.5. The summed E-state index contributed by atoms with van der Waals surface area (Å²) in [6.45, 7) is 1.64. The monoisotopic (exact) mass is 487 g/mol. The van der Waals surface area contributed by atoms with Gasteiger partial charge in [-0.3, -0.25) is 4.79 Å². The Morgan fingerprint density at radius 3 is 1.23 bits per heavy atom. The standard InChI is InChI=1S/C28H24OP.BrH/c1-23(29)22-28(24-14-6-2-7-15-24)30(25-16-8-3-9-17-25,26-18-10-4-11-19-26)27-20-12-5-13-21-27;/h2-22H,1H3;1H/q+1;/b28-22+;. The van der Waals surface area contributed by atoms with E-state index in [1.54, 1.807) is 6.92 Å². The van der Waals surface area contributed by atoms with Crippen LogP contribution in [0.2, 0.25) is 0 Å². The highest BCUT2D eigenvalue weighted by Gasteiger charge is 2.50. The van der Waals surface area contributed by atoms with E-state index >= 15 is 0 Å². The Balaban J connectivity index is 0.00000272. The first kappa shape index (κ1) is 22.9. The van der Waals surface area contributed by atoms with Crippen LogP contribution in [0.5, 0.6) is 0 Å². The number of hydrogen-bond acceptors (Lipinski definition) is 1. The molecule has 0 aliphatic rings. The predicted molar refractivity (Wildman–Crippen MR) is 141 cm³/mol. The van der Waals surface area contributed by atoms with Crippen molar-refractivity contribution in [1.82, 2.24) is 0 Å². The minimum Gasteiger partial charge on any atom is -0.295 e. The first-order valence-electron chi connectivity index (χ1n) is 10.1. The number of ketones is 1. The molecule has 0 aromatic heterocycles. The molecule has 0 radical (unpaired) electrons. The van der Waals surface area contributed by atoms with Crippen molar-refractivity contribution < 1.29 is 4.79 Å². The van der Waals surface area contributed by atoms with E-state index in [0.29, 0.717) is 0 Å². The van der Waals surface area contributed by atoms with Gasteiger partial charge in [0, 0.05) is 11.6 Å². The molecule has 0 N–H and O–H groups in total. The summed E-state index contributed by atoms with van der Waals surface area (Å²) in [5, 5.41) is 4.79. The van der Waals surface area contributed by atoms with Gasteiger partial charge >= 0.3 is 0 Å². The van der Waals surface area contributed by atoms with Crippen molar-refractivity contribution in [2.24, 2.45) is 0 Å².